The van der Waals surface area contributed by atoms with Crippen LogP contribution in [0.25, 0.3) is 11.1 Å². The van der Waals surface area contributed by atoms with E-state index in [1.165, 1.54) is 11.1 Å². The summed E-state index contributed by atoms with van der Waals surface area (Å²) in [6.07, 6.45) is 3.98. The Morgan fingerprint density at radius 3 is 2.65 bits per heavy atom. The molecule has 0 saturated carbocycles. The summed E-state index contributed by atoms with van der Waals surface area (Å²) in [5.74, 6) is 0.405. The van der Waals surface area contributed by atoms with Gasteiger partial charge in [0.25, 0.3) is 5.91 Å². The second-order valence-corrected chi connectivity index (χ2v) is 7.02. The number of hydrogen-bond acceptors (Lipinski definition) is 2. The first-order chi connectivity index (χ1) is 12.7. The number of aryl methyl sites for hydroxylation is 1. The number of nitrogens with one attached hydrogen (secondary N) is 1. The number of likely N-dealkylation sites (tertiary alicyclic amines) is 1. The molecule has 1 amide bonds. The van der Waals surface area contributed by atoms with Crippen LogP contribution in [0, 0.1) is 6.92 Å². The van der Waals surface area contributed by atoms with E-state index in [2.05, 4.69) is 41.4 Å². The van der Waals surface area contributed by atoms with Gasteiger partial charge in [0.15, 0.2) is 0 Å². The van der Waals surface area contributed by atoms with Crippen LogP contribution in [0.15, 0.2) is 60.8 Å². The molecule has 1 saturated heterocycles. The monoisotopic (exact) mass is 345 g/mol. The molecule has 2 aromatic carbocycles. The quantitative estimate of drug-likeness (QED) is 0.764. The van der Waals surface area contributed by atoms with Gasteiger partial charge in [0.1, 0.15) is 0 Å². The molecule has 4 nitrogen and oxygen atoms in total. The Bertz CT molecular complexity index is 883. The number of nitrogens with zero attached hydrogens (tertiary/aromatic N) is 2. The predicted molar refractivity (Wildman–Crippen MR) is 103 cm³/mol. The largest absolute Gasteiger partial charge is 0.338 e. The van der Waals surface area contributed by atoms with Crippen LogP contribution in [0.2, 0.25) is 0 Å². The molecule has 1 fully saturated rings. The van der Waals surface area contributed by atoms with Crippen LogP contribution in [0.1, 0.15) is 40.4 Å². The maximum Gasteiger partial charge on any atom is 0.253 e. The summed E-state index contributed by atoms with van der Waals surface area (Å²) >= 11 is 0. The van der Waals surface area contributed by atoms with Gasteiger partial charge in [-0.1, -0.05) is 48.0 Å². The number of benzene rings is 2. The van der Waals surface area contributed by atoms with Gasteiger partial charge in [0.2, 0.25) is 0 Å². The molecule has 1 aliphatic rings. The first kappa shape index (κ1) is 16.6. The molecule has 26 heavy (non-hydrogen) atoms. The highest BCUT2D eigenvalue weighted by molar-refractivity contribution is 5.94. The molecule has 1 aromatic heterocycles. The number of aromatic amines is 1. The van der Waals surface area contributed by atoms with Crippen molar-refractivity contribution in [1.82, 2.24) is 15.1 Å². The minimum Gasteiger partial charge on any atom is -0.338 e. The number of piperidine rings is 1. The Morgan fingerprint density at radius 1 is 1.12 bits per heavy atom. The van der Waals surface area contributed by atoms with Crippen molar-refractivity contribution in [2.75, 3.05) is 13.1 Å². The fourth-order valence-electron chi connectivity index (χ4n) is 3.73. The Labute approximate surface area is 153 Å². The highest BCUT2D eigenvalue weighted by Crippen LogP contribution is 2.33. The number of amides is 1. The zero-order valence-corrected chi connectivity index (χ0v) is 15.0. The van der Waals surface area contributed by atoms with Gasteiger partial charge >= 0.3 is 0 Å². The van der Waals surface area contributed by atoms with Crippen molar-refractivity contribution in [3.8, 4) is 11.1 Å². The topological polar surface area (TPSA) is 49.0 Å². The lowest BCUT2D eigenvalue weighted by molar-refractivity contribution is 0.0706. The molecule has 4 heteroatoms. The molecular formula is C22H23N3O. The second-order valence-electron chi connectivity index (χ2n) is 7.02. The van der Waals surface area contributed by atoms with Crippen LogP contribution in [-0.2, 0) is 0 Å². The fraction of sp³-hybridized carbons (Fsp3) is 0.273. The Balaban J connectivity index is 1.57. The zero-order valence-electron chi connectivity index (χ0n) is 15.0. The number of carbonyl (C=O) groups excluding carboxylic acids is 1. The average molecular weight is 345 g/mol. The molecular weight excluding hydrogens is 322 g/mol. The lowest BCUT2D eigenvalue weighted by Crippen LogP contribution is -2.39. The Kier molecular flexibility index (Phi) is 4.57. The van der Waals surface area contributed by atoms with Gasteiger partial charge in [-0.15, -0.1) is 0 Å². The van der Waals surface area contributed by atoms with Crippen molar-refractivity contribution in [2.45, 2.75) is 25.7 Å². The van der Waals surface area contributed by atoms with E-state index in [-0.39, 0.29) is 11.8 Å². The molecule has 0 radical (unpaired) electrons. The van der Waals surface area contributed by atoms with Gasteiger partial charge in [0, 0.05) is 35.8 Å². The van der Waals surface area contributed by atoms with Crippen molar-refractivity contribution < 1.29 is 4.79 Å². The number of rotatable bonds is 3. The smallest absolute Gasteiger partial charge is 0.253 e. The van der Waals surface area contributed by atoms with Crippen LogP contribution in [0.3, 0.4) is 0 Å². The molecule has 0 bridgehead atoms. The molecule has 0 aliphatic carbocycles. The van der Waals surface area contributed by atoms with Gasteiger partial charge in [-0.2, -0.15) is 5.10 Å². The van der Waals surface area contributed by atoms with Crippen molar-refractivity contribution in [1.29, 1.82) is 0 Å². The molecule has 4 rings (SSSR count). The van der Waals surface area contributed by atoms with E-state index in [0.29, 0.717) is 0 Å². The normalized spacial score (nSPS) is 17.3. The van der Waals surface area contributed by atoms with E-state index < -0.39 is 0 Å². The number of H-pyrrole nitrogens is 1. The van der Waals surface area contributed by atoms with Crippen LogP contribution in [0.5, 0.6) is 0 Å². The summed E-state index contributed by atoms with van der Waals surface area (Å²) < 4.78 is 0. The molecule has 1 unspecified atom stereocenters. The third-order valence-electron chi connectivity index (χ3n) is 5.17. The van der Waals surface area contributed by atoms with E-state index >= 15 is 0 Å². The minimum absolute atomic E-state index is 0.117. The molecule has 1 atom stereocenters. The van der Waals surface area contributed by atoms with E-state index in [1.54, 1.807) is 0 Å². The van der Waals surface area contributed by atoms with Crippen LogP contribution >= 0.6 is 0 Å². The van der Waals surface area contributed by atoms with Gasteiger partial charge in [-0.25, -0.2) is 0 Å². The Morgan fingerprint density at radius 2 is 1.88 bits per heavy atom. The zero-order chi connectivity index (χ0) is 17.9. The molecule has 3 aromatic rings. The average Bonchev–Trinajstić information content (AvgIpc) is 3.19. The maximum absolute atomic E-state index is 12.8. The summed E-state index contributed by atoms with van der Waals surface area (Å²) in [5.41, 5.74) is 5.46. The summed E-state index contributed by atoms with van der Waals surface area (Å²) in [5, 5.41) is 7.50. The molecule has 132 valence electrons. The van der Waals surface area contributed by atoms with E-state index in [4.69, 9.17) is 0 Å². The van der Waals surface area contributed by atoms with Gasteiger partial charge in [-0.05, 0) is 37.5 Å². The SMILES string of the molecule is Cc1ccc(-c2cn[nH]c2C2CCCN(C(=O)c3ccccc3)C2)cc1. The van der Waals surface area contributed by atoms with Crippen molar-refractivity contribution in [2.24, 2.45) is 0 Å². The summed E-state index contributed by atoms with van der Waals surface area (Å²) in [4.78, 5) is 14.8. The number of hydrogen-bond donors (Lipinski definition) is 1. The van der Waals surface area contributed by atoms with E-state index in [0.717, 1.165) is 42.8 Å². The molecule has 0 spiro atoms. The van der Waals surface area contributed by atoms with Crippen LogP contribution in [0.4, 0.5) is 0 Å². The van der Waals surface area contributed by atoms with Crippen LogP contribution in [-0.4, -0.2) is 34.1 Å². The molecule has 1 aliphatic heterocycles. The molecule has 2 heterocycles. The highest BCUT2D eigenvalue weighted by atomic mass is 16.2. The lowest BCUT2D eigenvalue weighted by atomic mass is 9.90. The van der Waals surface area contributed by atoms with Gasteiger partial charge < -0.3 is 4.90 Å². The standard InChI is InChI=1S/C22H23N3O/c1-16-9-11-17(12-10-16)20-14-23-24-21(20)19-8-5-13-25(15-19)22(26)18-6-3-2-4-7-18/h2-4,6-7,9-12,14,19H,5,8,13,15H2,1H3,(H,23,24). The lowest BCUT2D eigenvalue weighted by Gasteiger charge is -2.33. The summed E-state index contributed by atoms with van der Waals surface area (Å²) in [7, 11) is 0. The summed E-state index contributed by atoms with van der Waals surface area (Å²) in [6, 6.07) is 18.1. The first-order valence-corrected chi connectivity index (χ1v) is 9.17. The minimum atomic E-state index is 0.117. The predicted octanol–water partition coefficient (Wildman–Crippen LogP) is 4.40. The van der Waals surface area contributed by atoms with Crippen molar-refractivity contribution in [3.05, 3.63) is 77.6 Å². The number of aromatic nitrogens is 2. The van der Waals surface area contributed by atoms with E-state index in [1.807, 2.05) is 41.4 Å². The van der Waals surface area contributed by atoms with Crippen molar-refractivity contribution >= 4 is 5.91 Å². The molecule has 1 N–H and O–H groups in total. The second kappa shape index (κ2) is 7.16. The summed E-state index contributed by atoms with van der Waals surface area (Å²) in [6.45, 7) is 3.64. The fourth-order valence-corrected chi connectivity index (χ4v) is 3.73. The number of carbonyl (C=O) groups is 1. The maximum atomic E-state index is 12.8. The van der Waals surface area contributed by atoms with E-state index in [9.17, 15) is 4.79 Å². The Hall–Kier alpha value is -2.88. The first-order valence-electron chi connectivity index (χ1n) is 9.17. The van der Waals surface area contributed by atoms with Crippen molar-refractivity contribution in [3.63, 3.8) is 0 Å². The third kappa shape index (κ3) is 3.27. The highest BCUT2D eigenvalue weighted by Gasteiger charge is 2.28. The third-order valence-corrected chi connectivity index (χ3v) is 5.17. The van der Waals surface area contributed by atoms with Gasteiger partial charge in [-0.3, -0.25) is 9.89 Å². The van der Waals surface area contributed by atoms with Gasteiger partial charge in [0.05, 0.1) is 6.20 Å². The van der Waals surface area contributed by atoms with Crippen LogP contribution < -0.4 is 0 Å².